The first-order chi connectivity index (χ1) is 18.0. The van der Waals surface area contributed by atoms with Crippen LogP contribution in [0.5, 0.6) is 11.5 Å². The van der Waals surface area contributed by atoms with Crippen LogP contribution in [0.25, 0.3) is 16.6 Å². The van der Waals surface area contributed by atoms with E-state index in [4.69, 9.17) is 13.9 Å². The fraction of sp³-hybridized carbons (Fsp3) is 0.345. The summed E-state index contributed by atoms with van der Waals surface area (Å²) in [5, 5.41) is 0.613. The summed E-state index contributed by atoms with van der Waals surface area (Å²) in [7, 11) is 1.31. The van der Waals surface area contributed by atoms with E-state index < -0.39 is 8.32 Å². The molecule has 2 heterocycles. The van der Waals surface area contributed by atoms with Gasteiger partial charge in [-0.3, -0.25) is 14.3 Å². The van der Waals surface area contributed by atoms with Gasteiger partial charge >= 0.3 is 0 Å². The molecule has 0 atom stereocenters. The lowest BCUT2D eigenvalue weighted by atomic mass is 10.1. The molecule has 0 spiro atoms. The number of pyridine rings is 1. The predicted octanol–water partition coefficient (Wildman–Crippen LogP) is 5.96. The van der Waals surface area contributed by atoms with Gasteiger partial charge in [-0.05, 0) is 48.5 Å². The van der Waals surface area contributed by atoms with E-state index in [0.29, 0.717) is 41.2 Å². The molecule has 4 aromatic rings. The summed E-state index contributed by atoms with van der Waals surface area (Å²) >= 11 is 0. The maximum absolute atomic E-state index is 13.5. The highest BCUT2D eigenvalue weighted by Crippen LogP contribution is 2.37. The first kappa shape index (κ1) is 27.3. The number of hydrogen-bond donors (Lipinski definition) is 0. The Morgan fingerprint density at radius 2 is 1.68 bits per heavy atom. The average Bonchev–Trinajstić information content (AvgIpc) is 2.90. The van der Waals surface area contributed by atoms with Crippen molar-refractivity contribution in [2.75, 3.05) is 32.3 Å². The van der Waals surface area contributed by atoms with E-state index in [1.807, 2.05) is 42.5 Å². The number of fused-ring (bicyclic) bond motifs is 1. The lowest BCUT2D eigenvalue weighted by molar-refractivity contribution is 0.297. The van der Waals surface area contributed by atoms with Gasteiger partial charge in [0.25, 0.3) is 5.56 Å². The molecule has 0 amide bonds. The van der Waals surface area contributed by atoms with E-state index in [1.165, 1.54) is 4.57 Å². The molecule has 200 valence electrons. The Kier molecular flexibility index (Phi) is 7.89. The van der Waals surface area contributed by atoms with Gasteiger partial charge in [0.15, 0.2) is 8.32 Å². The van der Waals surface area contributed by atoms with Crippen molar-refractivity contribution < 1.29 is 13.9 Å². The normalized spacial score (nSPS) is 12.0. The summed E-state index contributed by atoms with van der Waals surface area (Å²) in [6, 6.07) is 15.1. The summed E-state index contributed by atoms with van der Waals surface area (Å²) in [4.78, 5) is 24.3. The van der Waals surface area contributed by atoms with Crippen LogP contribution in [0.4, 0.5) is 11.4 Å². The second-order valence-corrected chi connectivity index (χ2v) is 15.5. The second-order valence-electron chi connectivity index (χ2n) is 10.7. The summed E-state index contributed by atoms with van der Waals surface area (Å²) in [5.41, 5.74) is 2.84. The van der Waals surface area contributed by atoms with E-state index in [9.17, 15) is 4.79 Å². The molecule has 0 unspecified atom stereocenters. The van der Waals surface area contributed by atoms with Crippen LogP contribution in [-0.4, -0.2) is 50.2 Å². The lowest BCUT2D eigenvalue weighted by Crippen LogP contribution is -2.42. The van der Waals surface area contributed by atoms with Crippen LogP contribution in [0.1, 0.15) is 20.8 Å². The molecule has 8 nitrogen and oxygen atoms in total. The zero-order valence-electron chi connectivity index (χ0n) is 23.2. The fourth-order valence-electron chi connectivity index (χ4n) is 3.92. The van der Waals surface area contributed by atoms with Crippen molar-refractivity contribution in [1.82, 2.24) is 14.5 Å². The number of anilines is 2. The zero-order valence-corrected chi connectivity index (χ0v) is 24.2. The molecule has 4 rings (SSSR count). The number of rotatable bonds is 9. The summed E-state index contributed by atoms with van der Waals surface area (Å²) < 4.78 is 19.1. The SMILES string of the molecule is COc1cc(OC)cc(N(CCO[Si](C)(C)C(C)(C)C)c2ccc3ncn(-c4cccnc4)c(=O)c3c2)c1. The fourth-order valence-corrected chi connectivity index (χ4v) is 4.96. The molecule has 0 fully saturated rings. The van der Waals surface area contributed by atoms with Crippen LogP contribution in [0.2, 0.25) is 18.1 Å². The first-order valence-corrected chi connectivity index (χ1v) is 15.5. The minimum Gasteiger partial charge on any atom is -0.497 e. The van der Waals surface area contributed by atoms with Crippen LogP contribution < -0.4 is 19.9 Å². The van der Waals surface area contributed by atoms with Crippen LogP contribution in [0.15, 0.2) is 72.0 Å². The lowest BCUT2D eigenvalue weighted by Gasteiger charge is -2.37. The minimum atomic E-state index is -1.95. The average molecular weight is 533 g/mol. The number of benzene rings is 2. The molecular formula is C29H36N4O4Si. The standard InChI is InChI=1S/C29H36N4O4Si/c1-29(2,3)38(6,7)37-14-13-32(23-15-24(35-4)18-25(16-23)36-5)21-10-11-27-26(17-21)28(34)33(20-31-27)22-9-8-12-30-19-22/h8-12,15-20H,13-14H2,1-7H3. The van der Waals surface area contributed by atoms with Gasteiger partial charge in [0.2, 0.25) is 0 Å². The summed E-state index contributed by atoms with van der Waals surface area (Å²) in [6.07, 6.45) is 4.86. The Morgan fingerprint density at radius 1 is 0.974 bits per heavy atom. The predicted molar refractivity (Wildman–Crippen MR) is 155 cm³/mol. The quantitative estimate of drug-likeness (QED) is 0.246. The molecule has 0 aliphatic heterocycles. The van der Waals surface area contributed by atoms with Crippen molar-refractivity contribution in [2.45, 2.75) is 38.9 Å². The van der Waals surface area contributed by atoms with Gasteiger partial charge in [-0.25, -0.2) is 4.98 Å². The minimum absolute atomic E-state index is 0.100. The maximum atomic E-state index is 13.5. The Bertz CT molecular complexity index is 1440. The molecule has 0 N–H and O–H groups in total. The number of nitrogens with zero attached hydrogens (tertiary/aromatic N) is 4. The number of hydrogen-bond acceptors (Lipinski definition) is 7. The van der Waals surface area contributed by atoms with Crippen LogP contribution in [-0.2, 0) is 4.43 Å². The van der Waals surface area contributed by atoms with Crippen LogP contribution >= 0.6 is 0 Å². The van der Waals surface area contributed by atoms with Crippen molar-refractivity contribution in [1.29, 1.82) is 0 Å². The highest BCUT2D eigenvalue weighted by atomic mass is 28.4. The molecule has 0 radical (unpaired) electrons. The first-order valence-electron chi connectivity index (χ1n) is 12.6. The zero-order chi connectivity index (χ0) is 27.5. The topological polar surface area (TPSA) is 78.7 Å². The van der Waals surface area contributed by atoms with Crippen molar-refractivity contribution in [2.24, 2.45) is 0 Å². The van der Waals surface area contributed by atoms with Gasteiger partial charge < -0.3 is 18.8 Å². The third-order valence-electron chi connectivity index (χ3n) is 7.21. The number of methoxy groups -OCH3 is 2. The maximum Gasteiger partial charge on any atom is 0.265 e. The Morgan fingerprint density at radius 3 is 2.29 bits per heavy atom. The molecule has 9 heteroatoms. The van der Waals surface area contributed by atoms with Gasteiger partial charge in [-0.2, -0.15) is 0 Å². The highest BCUT2D eigenvalue weighted by Gasteiger charge is 2.37. The Hall–Kier alpha value is -3.69. The summed E-state index contributed by atoms with van der Waals surface area (Å²) in [6.45, 7) is 12.3. The smallest absolute Gasteiger partial charge is 0.265 e. The second kappa shape index (κ2) is 11.0. The van der Waals surface area contributed by atoms with Gasteiger partial charge in [-0.1, -0.05) is 20.8 Å². The van der Waals surface area contributed by atoms with Gasteiger partial charge in [0.1, 0.15) is 17.8 Å². The molecule has 2 aromatic carbocycles. The molecule has 0 bridgehead atoms. The molecule has 0 saturated carbocycles. The molecule has 2 aromatic heterocycles. The Labute approximate surface area is 225 Å². The Balaban J connectivity index is 1.79. The van der Waals surface area contributed by atoms with E-state index in [-0.39, 0.29) is 10.6 Å². The van der Waals surface area contributed by atoms with Crippen molar-refractivity contribution in [3.8, 4) is 17.2 Å². The van der Waals surface area contributed by atoms with Crippen molar-refractivity contribution in [3.63, 3.8) is 0 Å². The van der Waals surface area contributed by atoms with Crippen molar-refractivity contribution >= 4 is 30.6 Å². The monoisotopic (exact) mass is 532 g/mol. The third-order valence-corrected chi connectivity index (χ3v) is 11.7. The largest absolute Gasteiger partial charge is 0.497 e. The molecule has 0 aliphatic rings. The van der Waals surface area contributed by atoms with Gasteiger partial charge in [0.05, 0.1) is 43.6 Å². The van der Waals surface area contributed by atoms with E-state index >= 15 is 0 Å². The molecule has 38 heavy (non-hydrogen) atoms. The number of ether oxygens (including phenoxy) is 2. The van der Waals surface area contributed by atoms with Gasteiger partial charge in [-0.15, -0.1) is 0 Å². The molecular weight excluding hydrogens is 496 g/mol. The molecule has 0 aliphatic carbocycles. The van der Waals surface area contributed by atoms with Crippen molar-refractivity contribution in [3.05, 3.63) is 77.6 Å². The van der Waals surface area contributed by atoms with E-state index in [1.54, 1.807) is 39.0 Å². The third kappa shape index (κ3) is 5.73. The number of aromatic nitrogens is 3. The highest BCUT2D eigenvalue weighted by molar-refractivity contribution is 6.74. The molecule has 0 saturated heterocycles. The van der Waals surface area contributed by atoms with E-state index in [2.05, 4.69) is 48.7 Å². The van der Waals surface area contributed by atoms with E-state index in [0.717, 1.165) is 11.4 Å². The summed E-state index contributed by atoms with van der Waals surface area (Å²) in [5.74, 6) is 1.35. The van der Waals surface area contributed by atoms with Crippen LogP contribution in [0, 0.1) is 0 Å². The van der Waals surface area contributed by atoms with Gasteiger partial charge in [0, 0.05) is 42.3 Å². The van der Waals surface area contributed by atoms with Crippen LogP contribution in [0.3, 0.4) is 0 Å².